The molecule has 0 atom stereocenters. The lowest BCUT2D eigenvalue weighted by molar-refractivity contribution is 0.0382. The molecular weight excluding hydrogens is 448 g/mol. The molecule has 1 saturated carbocycles. The maximum absolute atomic E-state index is 14.0. The summed E-state index contributed by atoms with van der Waals surface area (Å²) in [5, 5.41) is 0. The molecule has 1 aromatic heterocycles. The molecule has 2 bridgehead atoms. The fraction of sp³-hybridized carbons (Fsp3) is 0.412. The van der Waals surface area contributed by atoms with Crippen LogP contribution in [-0.2, 0) is 4.74 Å². The fourth-order valence-electron chi connectivity index (χ4n) is 3.77. The van der Waals surface area contributed by atoms with Gasteiger partial charge in [-0.15, -0.1) is 0 Å². The number of halogens is 4. The van der Waals surface area contributed by atoms with Gasteiger partial charge in [-0.2, -0.15) is 8.78 Å². The lowest BCUT2D eigenvalue weighted by Gasteiger charge is -2.34. The van der Waals surface area contributed by atoms with Gasteiger partial charge in [-0.25, -0.2) is 14.2 Å². The molecule has 1 heterocycles. The highest BCUT2D eigenvalue weighted by molar-refractivity contribution is 14.1. The molecule has 0 radical (unpaired) electrons. The van der Waals surface area contributed by atoms with Crippen molar-refractivity contribution in [3.8, 4) is 11.3 Å². The minimum atomic E-state index is -2.89. The molecule has 0 amide bonds. The molecule has 0 unspecified atom stereocenters. The first-order valence-electron chi connectivity index (χ1n) is 7.99. The Morgan fingerprint density at radius 1 is 1.40 bits per heavy atom. The molecule has 8 heteroatoms. The van der Waals surface area contributed by atoms with E-state index in [4.69, 9.17) is 4.74 Å². The predicted octanol–water partition coefficient (Wildman–Crippen LogP) is 4.84. The summed E-state index contributed by atoms with van der Waals surface area (Å²) in [5.74, 6) is -1.57. The molecule has 3 aliphatic rings. The van der Waals surface area contributed by atoms with E-state index in [-0.39, 0.29) is 24.3 Å². The lowest BCUT2D eigenvalue weighted by atomic mass is 9.71. The van der Waals surface area contributed by atoms with E-state index in [1.807, 2.05) is 22.6 Å². The molecular formula is C17H14F3IN2O2. The first-order chi connectivity index (χ1) is 11.9. The van der Waals surface area contributed by atoms with Crippen molar-refractivity contribution in [1.82, 2.24) is 9.55 Å². The minimum Gasteiger partial charge on any atom is -0.460 e. The summed E-state index contributed by atoms with van der Waals surface area (Å²) < 4.78 is 47.5. The number of esters is 1. The van der Waals surface area contributed by atoms with Gasteiger partial charge in [-0.3, -0.25) is 4.57 Å². The van der Waals surface area contributed by atoms with Crippen molar-refractivity contribution in [2.75, 3.05) is 6.61 Å². The number of carbonyl (C=O) groups excluding carboxylic acids is 1. The lowest BCUT2D eigenvalue weighted by Crippen LogP contribution is -2.23. The molecule has 25 heavy (non-hydrogen) atoms. The van der Waals surface area contributed by atoms with Crippen LogP contribution in [0.15, 0.2) is 12.1 Å². The number of aromatic nitrogens is 2. The number of hydrogen-bond donors (Lipinski definition) is 0. The number of alkyl halides is 2. The molecule has 0 spiro atoms. The summed E-state index contributed by atoms with van der Waals surface area (Å²) in [4.78, 5) is 16.3. The van der Waals surface area contributed by atoms with Crippen LogP contribution in [0.1, 0.15) is 60.0 Å². The van der Waals surface area contributed by atoms with Gasteiger partial charge in [0.15, 0.2) is 0 Å². The summed E-state index contributed by atoms with van der Waals surface area (Å²) in [6, 6.07) is 3.10. The van der Waals surface area contributed by atoms with E-state index in [9.17, 15) is 18.0 Å². The van der Waals surface area contributed by atoms with Crippen LogP contribution in [0.3, 0.4) is 0 Å². The number of nitrogens with zero attached hydrogens (tertiary/aromatic N) is 2. The Labute approximate surface area is 155 Å². The fourth-order valence-corrected chi connectivity index (χ4v) is 4.24. The molecule has 1 fully saturated rings. The maximum Gasteiger partial charge on any atom is 0.374 e. The topological polar surface area (TPSA) is 44.1 Å². The van der Waals surface area contributed by atoms with Crippen LogP contribution in [0.4, 0.5) is 13.2 Å². The van der Waals surface area contributed by atoms with Crippen LogP contribution in [-0.4, -0.2) is 22.1 Å². The van der Waals surface area contributed by atoms with Gasteiger partial charge in [-0.05, 0) is 66.0 Å². The predicted molar refractivity (Wildman–Crippen MR) is 92.3 cm³/mol. The van der Waals surface area contributed by atoms with Gasteiger partial charge in [0, 0.05) is 15.1 Å². The van der Waals surface area contributed by atoms with Crippen LogP contribution < -0.4 is 0 Å². The number of rotatable bonds is 3. The number of imidazole rings is 1. The summed E-state index contributed by atoms with van der Waals surface area (Å²) in [6.07, 6.45) is 1.31. The first-order valence-corrected chi connectivity index (χ1v) is 9.06. The molecule has 1 aromatic carbocycles. The molecule has 0 aliphatic heterocycles. The van der Waals surface area contributed by atoms with Crippen molar-refractivity contribution >= 4 is 28.6 Å². The van der Waals surface area contributed by atoms with E-state index in [2.05, 4.69) is 4.98 Å². The van der Waals surface area contributed by atoms with Gasteiger partial charge in [0.2, 0.25) is 5.82 Å². The molecule has 5 rings (SSSR count). The van der Waals surface area contributed by atoms with Crippen LogP contribution in [0.25, 0.3) is 11.3 Å². The molecule has 3 aliphatic carbocycles. The smallest absolute Gasteiger partial charge is 0.374 e. The second-order valence-corrected chi connectivity index (χ2v) is 7.42. The Morgan fingerprint density at radius 3 is 2.76 bits per heavy atom. The molecule has 2 aromatic rings. The summed E-state index contributed by atoms with van der Waals surface area (Å²) in [5.41, 5.74) is 2.12. The summed E-state index contributed by atoms with van der Waals surface area (Å²) >= 11 is 1.87. The Kier molecular flexibility index (Phi) is 4.04. The number of benzene rings is 1. The quantitative estimate of drug-likeness (QED) is 0.485. The van der Waals surface area contributed by atoms with Crippen LogP contribution in [0.5, 0.6) is 0 Å². The van der Waals surface area contributed by atoms with E-state index in [0.29, 0.717) is 37.9 Å². The van der Waals surface area contributed by atoms with Crippen molar-refractivity contribution in [3.05, 3.63) is 38.6 Å². The highest BCUT2D eigenvalue weighted by atomic mass is 127. The van der Waals surface area contributed by atoms with E-state index in [1.165, 1.54) is 6.07 Å². The van der Waals surface area contributed by atoms with Crippen molar-refractivity contribution in [2.45, 2.75) is 38.2 Å². The standard InChI is InChI=1S/C17H14F3IN2O2/c1-2-25-16(24)15-22-13-10-6-12(21)11(18)5-9(10)7-3-8(4-7)14(13)23(15)17(19)20/h5-8,17H,2-4H2,1H3. The Morgan fingerprint density at radius 2 is 2.12 bits per heavy atom. The normalized spacial score (nSPS) is 20.6. The molecule has 132 valence electrons. The van der Waals surface area contributed by atoms with Crippen LogP contribution in [0, 0.1) is 9.39 Å². The van der Waals surface area contributed by atoms with Crippen molar-refractivity contribution in [3.63, 3.8) is 0 Å². The van der Waals surface area contributed by atoms with E-state index in [0.717, 1.165) is 5.56 Å². The first kappa shape index (κ1) is 16.9. The van der Waals surface area contributed by atoms with E-state index < -0.39 is 18.3 Å². The Bertz CT molecular complexity index is 875. The van der Waals surface area contributed by atoms with Gasteiger partial charge < -0.3 is 4.74 Å². The zero-order chi connectivity index (χ0) is 17.9. The van der Waals surface area contributed by atoms with Crippen LogP contribution in [0.2, 0.25) is 0 Å². The number of ether oxygens (including phenoxy) is 1. The highest BCUT2D eigenvalue weighted by Crippen LogP contribution is 2.56. The van der Waals surface area contributed by atoms with Gasteiger partial charge >= 0.3 is 12.5 Å². The van der Waals surface area contributed by atoms with E-state index in [1.54, 1.807) is 13.0 Å². The molecule has 4 nitrogen and oxygen atoms in total. The Balaban J connectivity index is 1.99. The maximum atomic E-state index is 14.0. The van der Waals surface area contributed by atoms with Gasteiger partial charge in [-0.1, -0.05) is 0 Å². The van der Waals surface area contributed by atoms with Crippen LogP contribution >= 0.6 is 22.6 Å². The average Bonchev–Trinajstić information content (AvgIpc) is 2.80. The van der Waals surface area contributed by atoms with Crippen molar-refractivity contribution < 1.29 is 22.7 Å². The van der Waals surface area contributed by atoms with Crippen molar-refractivity contribution in [1.29, 1.82) is 0 Å². The van der Waals surface area contributed by atoms with Crippen molar-refractivity contribution in [2.24, 2.45) is 0 Å². The molecule has 0 N–H and O–H groups in total. The van der Waals surface area contributed by atoms with Gasteiger partial charge in [0.1, 0.15) is 5.82 Å². The second kappa shape index (κ2) is 6.00. The number of hydrogen-bond acceptors (Lipinski definition) is 3. The average molecular weight is 462 g/mol. The minimum absolute atomic E-state index is 0.0742. The molecule has 0 saturated heterocycles. The SMILES string of the molecule is CCOC(=O)c1nc2c(n1C(F)F)C1CC(C1)c1cc(F)c(I)cc1-2. The second-order valence-electron chi connectivity index (χ2n) is 6.26. The summed E-state index contributed by atoms with van der Waals surface area (Å²) in [6.45, 7) is -1.21. The van der Waals surface area contributed by atoms with Gasteiger partial charge in [0.05, 0.1) is 18.0 Å². The summed E-state index contributed by atoms with van der Waals surface area (Å²) in [7, 11) is 0. The zero-order valence-electron chi connectivity index (χ0n) is 13.2. The highest BCUT2D eigenvalue weighted by Gasteiger charge is 2.44. The monoisotopic (exact) mass is 462 g/mol. The zero-order valence-corrected chi connectivity index (χ0v) is 15.4. The van der Waals surface area contributed by atoms with E-state index >= 15 is 0 Å². The third kappa shape index (κ3) is 2.48. The number of carbonyl (C=O) groups is 1. The third-order valence-corrected chi connectivity index (χ3v) is 5.74. The van der Waals surface area contributed by atoms with Gasteiger partial charge in [0.25, 0.3) is 0 Å². The third-order valence-electron chi connectivity index (χ3n) is 4.91. The Hall–Kier alpha value is -1.58. The largest absolute Gasteiger partial charge is 0.460 e.